The summed E-state index contributed by atoms with van der Waals surface area (Å²) in [6.07, 6.45) is 2.29. The van der Waals surface area contributed by atoms with Crippen LogP contribution in [0.4, 0.5) is 0 Å². The molecule has 5 heteroatoms. The number of rotatable bonds is 3. The number of fused-ring (bicyclic) bond motifs is 1. The van der Waals surface area contributed by atoms with Gasteiger partial charge in [0.2, 0.25) is 9.84 Å². The van der Waals surface area contributed by atoms with Gasteiger partial charge in [-0.05, 0) is 49.9 Å². The molecule has 0 saturated carbocycles. The molecule has 86 valence electrons. The van der Waals surface area contributed by atoms with E-state index in [9.17, 15) is 8.42 Å². The summed E-state index contributed by atoms with van der Waals surface area (Å²) >= 11 is 3.34. The van der Waals surface area contributed by atoms with E-state index >= 15 is 0 Å². The topological polar surface area (TPSA) is 46.2 Å². The molecule has 0 bridgehead atoms. The summed E-state index contributed by atoms with van der Waals surface area (Å²) in [5.74, 6) is 0. The molecule has 0 spiro atoms. The van der Waals surface area contributed by atoms with E-state index in [-0.39, 0.29) is 0 Å². The molecule has 2 rings (SSSR count). The SMILES string of the molecule is CNCCC1=Cc2cc(Br)ccc2S1(=O)=O. The summed E-state index contributed by atoms with van der Waals surface area (Å²) in [4.78, 5) is 0.914. The average Bonchev–Trinajstić information content (AvgIpc) is 2.47. The van der Waals surface area contributed by atoms with E-state index in [0.717, 1.165) is 10.0 Å². The minimum atomic E-state index is -3.24. The number of nitrogens with one attached hydrogen (secondary N) is 1. The van der Waals surface area contributed by atoms with Crippen LogP contribution in [0.5, 0.6) is 0 Å². The minimum absolute atomic E-state index is 0.418. The number of hydrogen-bond acceptors (Lipinski definition) is 3. The van der Waals surface area contributed by atoms with E-state index in [1.165, 1.54) is 0 Å². The van der Waals surface area contributed by atoms with Gasteiger partial charge in [-0.1, -0.05) is 15.9 Å². The first-order valence-electron chi connectivity index (χ1n) is 4.95. The Balaban J connectivity index is 2.44. The highest BCUT2D eigenvalue weighted by Gasteiger charge is 2.28. The predicted molar refractivity (Wildman–Crippen MR) is 67.8 cm³/mol. The maximum absolute atomic E-state index is 12.1. The smallest absolute Gasteiger partial charge is 0.203 e. The van der Waals surface area contributed by atoms with Crippen LogP contribution in [0.3, 0.4) is 0 Å². The maximum Gasteiger partial charge on any atom is 0.203 e. The van der Waals surface area contributed by atoms with E-state index in [4.69, 9.17) is 0 Å². The van der Waals surface area contributed by atoms with Crippen LogP contribution < -0.4 is 5.32 Å². The molecular weight excluding hydrogens is 290 g/mol. The van der Waals surface area contributed by atoms with Crippen LogP contribution in [0.15, 0.2) is 32.5 Å². The van der Waals surface area contributed by atoms with Crippen molar-refractivity contribution in [3.63, 3.8) is 0 Å². The third-order valence-corrected chi connectivity index (χ3v) is 5.00. The largest absolute Gasteiger partial charge is 0.319 e. The van der Waals surface area contributed by atoms with Gasteiger partial charge < -0.3 is 5.32 Å². The molecule has 0 aliphatic carbocycles. The zero-order valence-corrected chi connectivity index (χ0v) is 11.2. The minimum Gasteiger partial charge on any atom is -0.319 e. The molecule has 1 N–H and O–H groups in total. The molecule has 16 heavy (non-hydrogen) atoms. The Morgan fingerprint density at radius 2 is 2.12 bits per heavy atom. The first-order valence-corrected chi connectivity index (χ1v) is 7.23. The molecule has 1 aliphatic rings. The van der Waals surface area contributed by atoms with E-state index in [2.05, 4.69) is 21.2 Å². The van der Waals surface area contributed by atoms with Crippen molar-refractivity contribution < 1.29 is 8.42 Å². The molecule has 0 fully saturated rings. The molecular formula is C11H12BrNO2S. The summed E-state index contributed by atoms with van der Waals surface area (Å²) in [6, 6.07) is 5.24. The Hall–Kier alpha value is -0.650. The van der Waals surface area contributed by atoms with Crippen molar-refractivity contribution in [1.29, 1.82) is 0 Å². The number of sulfone groups is 1. The molecule has 0 radical (unpaired) electrons. The molecule has 1 aromatic carbocycles. The van der Waals surface area contributed by atoms with Crippen molar-refractivity contribution in [2.45, 2.75) is 11.3 Å². The van der Waals surface area contributed by atoms with Crippen molar-refractivity contribution in [1.82, 2.24) is 5.32 Å². The normalized spacial score (nSPS) is 17.0. The van der Waals surface area contributed by atoms with Crippen molar-refractivity contribution in [3.05, 3.63) is 33.1 Å². The molecule has 0 atom stereocenters. The van der Waals surface area contributed by atoms with Crippen molar-refractivity contribution in [3.8, 4) is 0 Å². The van der Waals surface area contributed by atoms with E-state index < -0.39 is 9.84 Å². The van der Waals surface area contributed by atoms with Crippen LogP contribution >= 0.6 is 15.9 Å². The Bertz CT molecular complexity index is 549. The van der Waals surface area contributed by atoms with Gasteiger partial charge in [-0.15, -0.1) is 0 Å². The lowest BCUT2D eigenvalue weighted by Crippen LogP contribution is -2.11. The quantitative estimate of drug-likeness (QED) is 0.931. The number of hydrogen-bond donors (Lipinski definition) is 1. The highest BCUT2D eigenvalue weighted by Crippen LogP contribution is 2.35. The van der Waals surface area contributed by atoms with E-state index in [1.54, 1.807) is 18.2 Å². The molecule has 1 aromatic rings. The second-order valence-electron chi connectivity index (χ2n) is 3.65. The Kier molecular flexibility index (Phi) is 3.19. The highest BCUT2D eigenvalue weighted by atomic mass is 79.9. The van der Waals surface area contributed by atoms with E-state index in [1.807, 2.05) is 13.1 Å². The summed E-state index contributed by atoms with van der Waals surface area (Å²) in [6.45, 7) is 0.667. The van der Waals surface area contributed by atoms with Gasteiger partial charge in [0, 0.05) is 4.47 Å². The van der Waals surface area contributed by atoms with Crippen LogP contribution in [-0.2, 0) is 9.84 Å². The fraction of sp³-hybridized carbons (Fsp3) is 0.273. The van der Waals surface area contributed by atoms with Gasteiger partial charge in [0.25, 0.3) is 0 Å². The second kappa shape index (κ2) is 4.31. The van der Waals surface area contributed by atoms with E-state index in [0.29, 0.717) is 22.8 Å². The van der Waals surface area contributed by atoms with Crippen LogP contribution in [0.2, 0.25) is 0 Å². The van der Waals surface area contributed by atoms with Crippen molar-refractivity contribution >= 4 is 31.8 Å². The van der Waals surface area contributed by atoms with Gasteiger partial charge in [0.1, 0.15) is 0 Å². The zero-order chi connectivity index (χ0) is 11.8. The summed E-state index contributed by atoms with van der Waals surface area (Å²) in [5.41, 5.74) is 0.778. The van der Waals surface area contributed by atoms with Gasteiger partial charge in [-0.3, -0.25) is 0 Å². The zero-order valence-electron chi connectivity index (χ0n) is 8.83. The monoisotopic (exact) mass is 301 g/mol. The fourth-order valence-electron chi connectivity index (χ4n) is 1.72. The summed E-state index contributed by atoms with van der Waals surface area (Å²) in [5, 5.41) is 2.96. The lowest BCUT2D eigenvalue weighted by molar-refractivity contribution is 0.601. The molecule has 0 unspecified atom stereocenters. The summed E-state index contributed by atoms with van der Waals surface area (Å²) < 4.78 is 25.1. The standard InChI is InChI=1S/C11H12BrNO2S/c1-13-5-4-10-7-8-6-9(12)2-3-11(8)16(10,14)15/h2-3,6-7,13H,4-5H2,1H3. The molecule has 1 aliphatic heterocycles. The fourth-order valence-corrected chi connectivity index (χ4v) is 3.71. The van der Waals surface area contributed by atoms with Crippen molar-refractivity contribution in [2.75, 3.05) is 13.6 Å². The van der Waals surface area contributed by atoms with Gasteiger partial charge in [-0.2, -0.15) is 0 Å². The lowest BCUT2D eigenvalue weighted by Gasteiger charge is -2.03. The maximum atomic E-state index is 12.1. The van der Waals surface area contributed by atoms with Gasteiger partial charge in [0.05, 0.1) is 9.80 Å². The Morgan fingerprint density at radius 1 is 1.38 bits per heavy atom. The highest BCUT2D eigenvalue weighted by molar-refractivity contribution is 9.10. The summed E-state index contributed by atoms with van der Waals surface area (Å²) in [7, 11) is -1.42. The third kappa shape index (κ3) is 1.95. The lowest BCUT2D eigenvalue weighted by atomic mass is 10.2. The Labute approximate surface area is 104 Å². The van der Waals surface area contributed by atoms with Crippen LogP contribution in [0.1, 0.15) is 12.0 Å². The third-order valence-electron chi connectivity index (χ3n) is 2.54. The van der Waals surface area contributed by atoms with Gasteiger partial charge in [-0.25, -0.2) is 8.42 Å². The van der Waals surface area contributed by atoms with Crippen molar-refractivity contribution in [2.24, 2.45) is 0 Å². The number of benzene rings is 1. The van der Waals surface area contributed by atoms with Crippen LogP contribution in [-0.4, -0.2) is 22.0 Å². The number of halogens is 1. The second-order valence-corrected chi connectivity index (χ2v) is 6.54. The molecule has 1 heterocycles. The molecule has 0 saturated heterocycles. The molecule has 3 nitrogen and oxygen atoms in total. The molecule has 0 amide bonds. The Morgan fingerprint density at radius 3 is 2.81 bits per heavy atom. The first kappa shape index (κ1) is 11.8. The van der Waals surface area contributed by atoms with Crippen LogP contribution in [0.25, 0.3) is 6.08 Å². The van der Waals surface area contributed by atoms with Gasteiger partial charge in [0.15, 0.2) is 0 Å². The molecule has 0 aromatic heterocycles. The first-order chi connectivity index (χ1) is 7.55. The average molecular weight is 302 g/mol. The van der Waals surface area contributed by atoms with Crippen LogP contribution in [0, 0.1) is 0 Å². The predicted octanol–water partition coefficient (Wildman–Crippen LogP) is 2.19. The van der Waals surface area contributed by atoms with Gasteiger partial charge >= 0.3 is 0 Å².